The molecule has 2 aromatic carbocycles. The van der Waals surface area contributed by atoms with Crippen molar-refractivity contribution >= 4 is 34.3 Å². The fourth-order valence-corrected chi connectivity index (χ4v) is 4.18. The molecule has 0 unspecified atom stereocenters. The standard InChI is InChI=1S/C23H29N3/c1-14(2)25-26-20-17-11-8-7-10-15(17)16-12-9-13-18-19(16)21(20)24-23(5,6)22(18,3)4/h9-14,24H,7-8H2,1-6H3. The third-order valence-corrected chi connectivity index (χ3v) is 6.31. The zero-order chi connectivity index (χ0) is 18.7. The molecule has 3 nitrogen and oxygen atoms in total. The highest BCUT2D eigenvalue weighted by Crippen LogP contribution is 2.48. The van der Waals surface area contributed by atoms with Gasteiger partial charge in [-0.25, -0.2) is 0 Å². The van der Waals surface area contributed by atoms with Crippen LogP contribution in [-0.2, 0) is 5.41 Å². The Hall–Kier alpha value is -2.16. The van der Waals surface area contributed by atoms with E-state index in [-0.39, 0.29) is 17.0 Å². The van der Waals surface area contributed by atoms with Crippen LogP contribution in [0.3, 0.4) is 0 Å². The van der Waals surface area contributed by atoms with Gasteiger partial charge in [0.25, 0.3) is 0 Å². The van der Waals surface area contributed by atoms with E-state index in [1.807, 2.05) is 0 Å². The van der Waals surface area contributed by atoms with E-state index in [1.54, 1.807) is 0 Å². The summed E-state index contributed by atoms with van der Waals surface area (Å²) in [7, 11) is 0. The number of nitrogens with one attached hydrogen (secondary N) is 1. The van der Waals surface area contributed by atoms with Crippen molar-refractivity contribution in [2.45, 2.75) is 71.4 Å². The summed E-state index contributed by atoms with van der Waals surface area (Å²) in [4.78, 5) is 0. The van der Waals surface area contributed by atoms with E-state index in [1.165, 1.54) is 26.8 Å². The minimum absolute atomic E-state index is 0.0125. The average Bonchev–Trinajstić information content (AvgIpc) is 2.59. The number of anilines is 1. The highest BCUT2D eigenvalue weighted by Gasteiger charge is 2.44. The predicted molar refractivity (Wildman–Crippen MR) is 112 cm³/mol. The highest BCUT2D eigenvalue weighted by molar-refractivity contribution is 6.04. The molecule has 1 aliphatic heterocycles. The van der Waals surface area contributed by atoms with Crippen LogP contribution < -0.4 is 15.8 Å². The molecule has 2 aromatic rings. The Labute approximate surface area is 155 Å². The molecule has 1 N–H and O–H groups in total. The van der Waals surface area contributed by atoms with Gasteiger partial charge in [0, 0.05) is 21.6 Å². The van der Waals surface area contributed by atoms with Crippen molar-refractivity contribution in [1.82, 2.24) is 0 Å². The minimum atomic E-state index is -0.0804. The van der Waals surface area contributed by atoms with Gasteiger partial charge in [0.15, 0.2) is 0 Å². The third-order valence-electron chi connectivity index (χ3n) is 6.31. The Morgan fingerprint density at radius 3 is 2.38 bits per heavy atom. The maximum Gasteiger partial charge on any atom is 0.116 e. The molecule has 0 amide bonds. The molecule has 0 radical (unpaired) electrons. The normalized spacial score (nSPS) is 19.8. The fraction of sp³-hybridized carbons (Fsp3) is 0.478. The van der Waals surface area contributed by atoms with Crippen LogP contribution >= 0.6 is 0 Å². The van der Waals surface area contributed by atoms with Crippen LogP contribution in [0.4, 0.5) is 11.4 Å². The molecule has 0 atom stereocenters. The molecule has 136 valence electrons. The summed E-state index contributed by atoms with van der Waals surface area (Å²) < 4.78 is 0. The summed E-state index contributed by atoms with van der Waals surface area (Å²) in [6, 6.07) is 6.94. The Bertz CT molecular complexity index is 1040. The van der Waals surface area contributed by atoms with E-state index in [2.05, 4.69) is 82.3 Å². The maximum atomic E-state index is 4.74. The molecular formula is C23H29N3. The van der Waals surface area contributed by atoms with Crippen molar-refractivity contribution < 1.29 is 0 Å². The predicted octanol–water partition coefficient (Wildman–Crippen LogP) is 5.17. The highest BCUT2D eigenvalue weighted by atomic mass is 15.1. The van der Waals surface area contributed by atoms with Gasteiger partial charge in [-0.1, -0.05) is 44.2 Å². The van der Waals surface area contributed by atoms with E-state index in [4.69, 9.17) is 5.11 Å². The van der Waals surface area contributed by atoms with Crippen LogP contribution in [0.2, 0.25) is 0 Å². The van der Waals surface area contributed by atoms with Crippen molar-refractivity contribution in [2.24, 2.45) is 10.2 Å². The molecule has 0 aromatic heterocycles. The van der Waals surface area contributed by atoms with Crippen LogP contribution in [0, 0.1) is 0 Å². The molecule has 2 aliphatic rings. The van der Waals surface area contributed by atoms with E-state index in [0.717, 1.165) is 24.2 Å². The van der Waals surface area contributed by atoms with Gasteiger partial charge in [-0.2, -0.15) is 10.2 Å². The molecule has 3 heteroatoms. The molecule has 26 heavy (non-hydrogen) atoms. The van der Waals surface area contributed by atoms with Crippen LogP contribution in [-0.4, -0.2) is 11.6 Å². The summed E-state index contributed by atoms with van der Waals surface area (Å²) in [6.07, 6.45) is 6.87. The van der Waals surface area contributed by atoms with Crippen LogP contribution in [0.15, 0.2) is 28.4 Å². The van der Waals surface area contributed by atoms with Crippen molar-refractivity contribution in [2.75, 3.05) is 5.32 Å². The number of nitrogens with zero attached hydrogens (tertiary/aromatic N) is 2. The molecule has 1 heterocycles. The van der Waals surface area contributed by atoms with Gasteiger partial charge in [-0.05, 0) is 56.7 Å². The molecule has 0 fully saturated rings. The lowest BCUT2D eigenvalue weighted by atomic mass is 9.65. The number of hydrogen-bond acceptors (Lipinski definition) is 3. The number of hydrogen-bond donors (Lipinski definition) is 1. The topological polar surface area (TPSA) is 36.8 Å². The summed E-state index contributed by atoms with van der Waals surface area (Å²) in [6.45, 7) is 13.4. The minimum Gasteiger partial charge on any atom is -0.377 e. The summed E-state index contributed by atoms with van der Waals surface area (Å²) in [5.41, 5.74) is 3.49. The second kappa shape index (κ2) is 5.67. The number of azo groups is 1. The number of rotatable bonds is 2. The fourth-order valence-electron chi connectivity index (χ4n) is 4.18. The van der Waals surface area contributed by atoms with E-state index >= 15 is 0 Å². The van der Waals surface area contributed by atoms with Gasteiger partial charge in [-0.15, -0.1) is 0 Å². The second-order valence-electron chi connectivity index (χ2n) is 8.95. The van der Waals surface area contributed by atoms with Crippen molar-refractivity contribution in [3.63, 3.8) is 0 Å². The van der Waals surface area contributed by atoms with Gasteiger partial charge in [-0.3, -0.25) is 0 Å². The van der Waals surface area contributed by atoms with Gasteiger partial charge in [0.05, 0.1) is 11.7 Å². The van der Waals surface area contributed by atoms with Gasteiger partial charge < -0.3 is 5.32 Å². The summed E-state index contributed by atoms with van der Waals surface area (Å²) >= 11 is 0. The van der Waals surface area contributed by atoms with Crippen molar-refractivity contribution in [3.8, 4) is 0 Å². The Kier molecular flexibility index (Phi) is 3.76. The van der Waals surface area contributed by atoms with Crippen molar-refractivity contribution in [3.05, 3.63) is 34.2 Å². The van der Waals surface area contributed by atoms with E-state index in [0.29, 0.717) is 0 Å². The first-order valence-electron chi connectivity index (χ1n) is 9.72. The largest absolute Gasteiger partial charge is 0.377 e. The maximum absolute atomic E-state index is 4.74. The first kappa shape index (κ1) is 17.3. The molecule has 0 bridgehead atoms. The third kappa shape index (κ3) is 2.33. The number of fused-ring (bicyclic) bond motifs is 2. The number of benzene rings is 2. The molecule has 0 saturated heterocycles. The smallest absolute Gasteiger partial charge is 0.116 e. The van der Waals surface area contributed by atoms with Gasteiger partial charge >= 0.3 is 0 Å². The van der Waals surface area contributed by atoms with Crippen molar-refractivity contribution in [1.29, 1.82) is 0 Å². The summed E-state index contributed by atoms with van der Waals surface area (Å²) in [5, 5.41) is 18.3. The Morgan fingerprint density at radius 1 is 1.00 bits per heavy atom. The SMILES string of the molecule is CC(C)N=Nc1c2c3c(cccc3c3c1=CCCC=3)C(C)(C)C(C)(C)N2. The second-order valence-corrected chi connectivity index (χ2v) is 8.95. The molecule has 1 aliphatic carbocycles. The molecule has 0 spiro atoms. The molecule has 4 rings (SSSR count). The zero-order valence-electron chi connectivity index (χ0n) is 16.8. The quantitative estimate of drug-likeness (QED) is 0.748. The first-order chi connectivity index (χ1) is 12.2. The van der Waals surface area contributed by atoms with Crippen LogP contribution in [0.25, 0.3) is 22.9 Å². The van der Waals surface area contributed by atoms with E-state index in [9.17, 15) is 0 Å². The zero-order valence-corrected chi connectivity index (χ0v) is 16.8. The lowest BCUT2D eigenvalue weighted by Crippen LogP contribution is -2.52. The lowest BCUT2D eigenvalue weighted by molar-refractivity contribution is 0.332. The lowest BCUT2D eigenvalue weighted by Gasteiger charge is -2.48. The van der Waals surface area contributed by atoms with Gasteiger partial charge in [0.2, 0.25) is 0 Å². The average molecular weight is 348 g/mol. The van der Waals surface area contributed by atoms with E-state index < -0.39 is 0 Å². The molecule has 0 saturated carbocycles. The Morgan fingerprint density at radius 2 is 1.69 bits per heavy atom. The van der Waals surface area contributed by atoms with Crippen LogP contribution in [0.5, 0.6) is 0 Å². The van der Waals surface area contributed by atoms with Gasteiger partial charge in [0.1, 0.15) is 5.69 Å². The van der Waals surface area contributed by atoms with Crippen LogP contribution in [0.1, 0.15) is 59.9 Å². The first-order valence-corrected chi connectivity index (χ1v) is 9.72. The summed E-state index contributed by atoms with van der Waals surface area (Å²) in [5.74, 6) is 0. The monoisotopic (exact) mass is 347 g/mol. The molecular weight excluding hydrogens is 318 g/mol. The Balaban J connectivity index is 2.22.